The molecule has 0 aliphatic rings. The number of carbonyl (C=O) groups is 1. The molecule has 0 spiro atoms. The number of H-pyrrole nitrogens is 1. The number of hydrogen-bond acceptors (Lipinski definition) is 5. The average Bonchev–Trinajstić information content (AvgIpc) is 3.18. The van der Waals surface area contributed by atoms with Gasteiger partial charge in [0.15, 0.2) is 16.7 Å². The van der Waals surface area contributed by atoms with E-state index in [-0.39, 0.29) is 17.5 Å². The quantitative estimate of drug-likeness (QED) is 0.494. The van der Waals surface area contributed by atoms with Crippen LogP contribution in [0.15, 0.2) is 53.8 Å². The van der Waals surface area contributed by atoms with Gasteiger partial charge in [-0.2, -0.15) is 0 Å². The molecule has 3 aromatic rings. The van der Waals surface area contributed by atoms with Crippen LogP contribution in [0.1, 0.15) is 13.8 Å². The molecule has 6 nitrogen and oxygen atoms in total. The van der Waals surface area contributed by atoms with Crippen LogP contribution in [0.3, 0.4) is 0 Å². The lowest BCUT2D eigenvalue weighted by Crippen LogP contribution is -2.14. The minimum Gasteiger partial charge on any atom is -0.490 e. The first-order chi connectivity index (χ1) is 14.1. The van der Waals surface area contributed by atoms with Crippen molar-refractivity contribution in [3.63, 3.8) is 0 Å². The topological polar surface area (TPSA) is 76.2 Å². The Morgan fingerprint density at radius 1 is 1.10 bits per heavy atom. The second kappa shape index (κ2) is 9.97. The summed E-state index contributed by atoms with van der Waals surface area (Å²) >= 11 is 1.28. The molecule has 152 valence electrons. The minimum absolute atomic E-state index is 0.165. The summed E-state index contributed by atoms with van der Waals surface area (Å²) in [4.78, 5) is 19.7. The zero-order valence-electron chi connectivity index (χ0n) is 16.2. The fourth-order valence-corrected chi connectivity index (χ4v) is 3.26. The highest BCUT2D eigenvalue weighted by Gasteiger charge is 2.10. The molecule has 0 saturated carbocycles. The zero-order valence-corrected chi connectivity index (χ0v) is 17.0. The first kappa shape index (κ1) is 20.7. The predicted octanol–water partition coefficient (Wildman–Crippen LogP) is 4.74. The Labute approximate surface area is 172 Å². The Morgan fingerprint density at radius 2 is 1.83 bits per heavy atom. The van der Waals surface area contributed by atoms with Crippen molar-refractivity contribution in [2.75, 3.05) is 24.3 Å². The van der Waals surface area contributed by atoms with Gasteiger partial charge in [0, 0.05) is 11.8 Å². The number of halogens is 1. The molecule has 0 radical (unpaired) electrons. The smallest absolute Gasteiger partial charge is 0.234 e. The molecule has 0 bridgehead atoms. The van der Waals surface area contributed by atoms with E-state index in [0.29, 0.717) is 35.6 Å². The van der Waals surface area contributed by atoms with Gasteiger partial charge in [0.25, 0.3) is 0 Å². The molecule has 29 heavy (non-hydrogen) atoms. The maximum atomic E-state index is 13.0. The van der Waals surface area contributed by atoms with Crippen molar-refractivity contribution in [2.45, 2.75) is 19.0 Å². The average molecular weight is 415 g/mol. The highest BCUT2D eigenvalue weighted by Crippen LogP contribution is 2.31. The van der Waals surface area contributed by atoms with Crippen LogP contribution in [0, 0.1) is 5.82 Å². The van der Waals surface area contributed by atoms with E-state index in [1.165, 1.54) is 23.9 Å². The van der Waals surface area contributed by atoms with E-state index < -0.39 is 0 Å². The zero-order chi connectivity index (χ0) is 20.6. The van der Waals surface area contributed by atoms with Gasteiger partial charge in [-0.05, 0) is 55.8 Å². The second-order valence-electron chi connectivity index (χ2n) is 5.97. The van der Waals surface area contributed by atoms with Crippen LogP contribution in [0.4, 0.5) is 10.1 Å². The fourth-order valence-electron chi connectivity index (χ4n) is 2.61. The lowest BCUT2D eigenvalue weighted by molar-refractivity contribution is -0.113. The largest absolute Gasteiger partial charge is 0.490 e. The number of imidazole rings is 1. The summed E-state index contributed by atoms with van der Waals surface area (Å²) in [5.41, 5.74) is 2.22. The number of aromatic nitrogens is 2. The SMILES string of the molecule is CCOc1ccc(NC(=O)CSc2ncc(-c3ccc(F)cc3)[nH]2)cc1OCC. The van der Waals surface area contributed by atoms with Crippen LogP contribution in [0.25, 0.3) is 11.3 Å². The van der Waals surface area contributed by atoms with Crippen LogP contribution in [0.2, 0.25) is 0 Å². The van der Waals surface area contributed by atoms with Gasteiger partial charge in [-0.25, -0.2) is 9.37 Å². The molecule has 1 aromatic heterocycles. The standard InChI is InChI=1S/C21H22FN3O3S/c1-3-27-18-10-9-16(11-19(18)28-4-2)24-20(26)13-29-21-23-12-17(25-21)14-5-7-15(22)8-6-14/h5-12H,3-4,13H2,1-2H3,(H,23,25)(H,24,26). The number of amides is 1. The molecule has 1 heterocycles. The Kier molecular flexibility index (Phi) is 7.13. The lowest BCUT2D eigenvalue weighted by Gasteiger charge is -2.12. The molecule has 0 saturated heterocycles. The Bertz CT molecular complexity index is 960. The Balaban J connectivity index is 1.57. The number of aromatic amines is 1. The van der Waals surface area contributed by atoms with Crippen molar-refractivity contribution < 1.29 is 18.7 Å². The van der Waals surface area contributed by atoms with Crippen molar-refractivity contribution in [2.24, 2.45) is 0 Å². The molecule has 0 unspecified atom stereocenters. The van der Waals surface area contributed by atoms with E-state index >= 15 is 0 Å². The Morgan fingerprint density at radius 3 is 2.55 bits per heavy atom. The van der Waals surface area contributed by atoms with Gasteiger partial charge in [-0.1, -0.05) is 11.8 Å². The molecule has 3 rings (SSSR count). The van der Waals surface area contributed by atoms with E-state index in [9.17, 15) is 9.18 Å². The van der Waals surface area contributed by atoms with Crippen molar-refractivity contribution in [1.29, 1.82) is 0 Å². The normalized spacial score (nSPS) is 10.6. The molecular formula is C21H22FN3O3S. The number of anilines is 1. The van der Waals surface area contributed by atoms with Gasteiger partial charge in [0.1, 0.15) is 5.82 Å². The molecule has 8 heteroatoms. The first-order valence-electron chi connectivity index (χ1n) is 9.22. The number of nitrogens with zero attached hydrogens (tertiary/aromatic N) is 1. The highest BCUT2D eigenvalue weighted by molar-refractivity contribution is 7.99. The maximum Gasteiger partial charge on any atom is 0.234 e. The van der Waals surface area contributed by atoms with Crippen LogP contribution >= 0.6 is 11.8 Å². The van der Waals surface area contributed by atoms with Gasteiger partial charge in [0.05, 0.1) is 30.9 Å². The first-order valence-corrected chi connectivity index (χ1v) is 10.2. The predicted molar refractivity (Wildman–Crippen MR) is 112 cm³/mol. The molecule has 2 N–H and O–H groups in total. The lowest BCUT2D eigenvalue weighted by atomic mass is 10.2. The van der Waals surface area contributed by atoms with Gasteiger partial charge >= 0.3 is 0 Å². The summed E-state index contributed by atoms with van der Waals surface area (Å²) in [7, 11) is 0. The van der Waals surface area contributed by atoms with E-state index in [1.54, 1.807) is 36.5 Å². The molecule has 0 aliphatic heterocycles. The van der Waals surface area contributed by atoms with Gasteiger partial charge in [-0.3, -0.25) is 4.79 Å². The summed E-state index contributed by atoms with van der Waals surface area (Å²) in [6.45, 7) is 4.83. The summed E-state index contributed by atoms with van der Waals surface area (Å²) in [6, 6.07) is 11.4. The van der Waals surface area contributed by atoms with Crippen LogP contribution in [-0.4, -0.2) is 34.8 Å². The number of hydrogen-bond donors (Lipinski definition) is 2. The third-order valence-electron chi connectivity index (χ3n) is 3.87. The summed E-state index contributed by atoms with van der Waals surface area (Å²) < 4.78 is 24.1. The van der Waals surface area contributed by atoms with E-state index in [1.807, 2.05) is 13.8 Å². The van der Waals surface area contributed by atoms with E-state index in [0.717, 1.165) is 11.3 Å². The van der Waals surface area contributed by atoms with Crippen LogP contribution < -0.4 is 14.8 Å². The number of benzene rings is 2. The van der Waals surface area contributed by atoms with Crippen LogP contribution in [-0.2, 0) is 4.79 Å². The van der Waals surface area contributed by atoms with Gasteiger partial charge < -0.3 is 19.8 Å². The monoisotopic (exact) mass is 415 g/mol. The fraction of sp³-hybridized carbons (Fsp3) is 0.238. The Hall–Kier alpha value is -3.00. The van der Waals surface area contributed by atoms with Crippen molar-refractivity contribution in [3.8, 4) is 22.8 Å². The third-order valence-corrected chi connectivity index (χ3v) is 4.76. The molecule has 1 amide bonds. The van der Waals surface area contributed by atoms with Crippen molar-refractivity contribution in [3.05, 3.63) is 54.5 Å². The van der Waals surface area contributed by atoms with E-state index in [2.05, 4.69) is 15.3 Å². The summed E-state index contributed by atoms with van der Waals surface area (Å²) in [6.07, 6.45) is 1.66. The summed E-state index contributed by atoms with van der Waals surface area (Å²) in [5, 5.41) is 3.46. The number of nitrogens with one attached hydrogen (secondary N) is 2. The van der Waals surface area contributed by atoms with Crippen molar-refractivity contribution in [1.82, 2.24) is 9.97 Å². The third kappa shape index (κ3) is 5.74. The number of carbonyl (C=O) groups excluding carboxylic acids is 1. The highest BCUT2D eigenvalue weighted by atomic mass is 32.2. The van der Waals surface area contributed by atoms with E-state index in [4.69, 9.17) is 9.47 Å². The number of ether oxygens (including phenoxy) is 2. The molecule has 0 atom stereocenters. The molecule has 0 fully saturated rings. The minimum atomic E-state index is -0.290. The number of thioether (sulfide) groups is 1. The number of rotatable bonds is 9. The maximum absolute atomic E-state index is 13.0. The molecular weight excluding hydrogens is 393 g/mol. The van der Waals surface area contributed by atoms with Gasteiger partial charge in [0.2, 0.25) is 5.91 Å². The van der Waals surface area contributed by atoms with Crippen LogP contribution in [0.5, 0.6) is 11.5 Å². The molecule has 0 aliphatic carbocycles. The van der Waals surface area contributed by atoms with Crippen molar-refractivity contribution >= 4 is 23.4 Å². The second-order valence-corrected chi connectivity index (χ2v) is 6.94. The summed E-state index contributed by atoms with van der Waals surface area (Å²) in [5.74, 6) is 0.969. The van der Waals surface area contributed by atoms with Gasteiger partial charge in [-0.15, -0.1) is 0 Å². The molecule has 2 aromatic carbocycles.